The van der Waals surface area contributed by atoms with Gasteiger partial charge in [-0.25, -0.2) is 4.79 Å². The number of halogens is 1. The summed E-state index contributed by atoms with van der Waals surface area (Å²) in [5.41, 5.74) is 3.75. The van der Waals surface area contributed by atoms with Crippen molar-refractivity contribution in [3.05, 3.63) is 57.5 Å². The van der Waals surface area contributed by atoms with Gasteiger partial charge in [0.25, 0.3) is 0 Å². The van der Waals surface area contributed by atoms with Gasteiger partial charge in [0.1, 0.15) is 5.75 Å². The van der Waals surface area contributed by atoms with Gasteiger partial charge in [-0.05, 0) is 48.7 Å². The fourth-order valence-corrected chi connectivity index (χ4v) is 3.10. The van der Waals surface area contributed by atoms with Crippen LogP contribution < -0.4 is 15.7 Å². The Morgan fingerprint density at radius 2 is 2.08 bits per heavy atom. The van der Waals surface area contributed by atoms with Crippen LogP contribution in [0.3, 0.4) is 0 Å². The van der Waals surface area contributed by atoms with E-state index in [0.29, 0.717) is 11.6 Å². The summed E-state index contributed by atoms with van der Waals surface area (Å²) in [6.07, 6.45) is 2.97. The molecule has 2 aromatic carbocycles. The van der Waals surface area contributed by atoms with E-state index in [1.807, 2.05) is 36.4 Å². The van der Waals surface area contributed by atoms with Crippen LogP contribution in [0.2, 0.25) is 5.02 Å². The molecular formula is C20H24ClN3O2. The Bertz CT molecular complexity index is 946. The predicted octanol–water partition coefficient (Wildman–Crippen LogP) is 4.35. The Balaban J connectivity index is 1.57. The Kier molecular flexibility index (Phi) is 5.89. The maximum absolute atomic E-state index is 11.7. The molecule has 5 nitrogen and oxygen atoms in total. The van der Waals surface area contributed by atoms with Crippen LogP contribution in [0.4, 0.5) is 5.69 Å². The summed E-state index contributed by atoms with van der Waals surface area (Å²) < 4.78 is 7.28. The molecule has 0 aliphatic carbocycles. The van der Waals surface area contributed by atoms with E-state index in [0.717, 1.165) is 53.8 Å². The van der Waals surface area contributed by atoms with Crippen molar-refractivity contribution in [2.24, 2.45) is 7.05 Å². The van der Waals surface area contributed by atoms with Crippen LogP contribution >= 0.6 is 11.6 Å². The lowest BCUT2D eigenvalue weighted by Crippen LogP contribution is -2.11. The van der Waals surface area contributed by atoms with Gasteiger partial charge in [-0.3, -0.25) is 4.57 Å². The largest absolute Gasteiger partial charge is 0.492 e. The van der Waals surface area contributed by atoms with Crippen molar-refractivity contribution < 1.29 is 4.74 Å². The quantitative estimate of drug-likeness (QED) is 0.577. The Morgan fingerprint density at radius 1 is 1.23 bits per heavy atom. The van der Waals surface area contributed by atoms with Crippen LogP contribution in [0.15, 0.2) is 41.2 Å². The number of hydrogen-bond acceptors (Lipinski definition) is 3. The highest BCUT2D eigenvalue weighted by Gasteiger charge is 2.05. The highest BCUT2D eigenvalue weighted by atomic mass is 35.5. The van der Waals surface area contributed by atoms with Crippen LogP contribution in [0.25, 0.3) is 11.0 Å². The molecule has 1 heterocycles. The third kappa shape index (κ3) is 4.22. The van der Waals surface area contributed by atoms with Gasteiger partial charge in [0.05, 0.1) is 22.7 Å². The smallest absolute Gasteiger partial charge is 0.326 e. The number of aryl methyl sites for hydroxylation is 1. The monoisotopic (exact) mass is 373 g/mol. The summed E-state index contributed by atoms with van der Waals surface area (Å²) >= 11 is 6.31. The summed E-state index contributed by atoms with van der Waals surface area (Å²) in [4.78, 5) is 14.5. The van der Waals surface area contributed by atoms with Crippen molar-refractivity contribution in [3.8, 4) is 5.75 Å². The van der Waals surface area contributed by atoms with Crippen molar-refractivity contribution in [2.45, 2.75) is 26.2 Å². The molecule has 0 amide bonds. The number of unbranched alkanes of at least 4 members (excludes halogenated alkanes) is 1. The van der Waals surface area contributed by atoms with Crippen molar-refractivity contribution in [2.75, 3.05) is 18.5 Å². The molecule has 0 spiro atoms. The second kappa shape index (κ2) is 8.32. The summed E-state index contributed by atoms with van der Waals surface area (Å²) in [6, 6.07) is 11.8. The van der Waals surface area contributed by atoms with E-state index >= 15 is 0 Å². The number of aromatic nitrogens is 2. The standard InChI is InChI=1S/C20H24ClN3O2/c1-3-4-11-26-19-8-5-14(12-16(19)21)9-10-22-15-6-7-18-17(13-15)23-20(25)24(18)2/h5-8,12-13,22H,3-4,9-11H2,1-2H3,(H,23,25). The number of imidazole rings is 1. The van der Waals surface area contributed by atoms with Gasteiger partial charge in [-0.1, -0.05) is 31.0 Å². The first-order valence-corrected chi connectivity index (χ1v) is 9.30. The molecule has 2 N–H and O–H groups in total. The molecule has 3 rings (SSSR count). The average Bonchev–Trinajstić information content (AvgIpc) is 2.91. The summed E-state index contributed by atoms with van der Waals surface area (Å²) in [6.45, 7) is 3.60. The highest BCUT2D eigenvalue weighted by Crippen LogP contribution is 2.26. The van der Waals surface area contributed by atoms with Gasteiger partial charge in [0.15, 0.2) is 0 Å². The normalized spacial score (nSPS) is 11.0. The van der Waals surface area contributed by atoms with Gasteiger partial charge in [-0.15, -0.1) is 0 Å². The molecule has 3 aromatic rings. The number of nitrogens with one attached hydrogen (secondary N) is 2. The van der Waals surface area contributed by atoms with E-state index in [1.54, 1.807) is 11.6 Å². The van der Waals surface area contributed by atoms with E-state index in [9.17, 15) is 4.79 Å². The summed E-state index contributed by atoms with van der Waals surface area (Å²) in [5, 5.41) is 4.04. The molecule has 0 unspecified atom stereocenters. The third-order valence-electron chi connectivity index (χ3n) is 4.40. The Labute approximate surface area is 157 Å². The first-order valence-electron chi connectivity index (χ1n) is 8.92. The van der Waals surface area contributed by atoms with E-state index in [2.05, 4.69) is 17.2 Å². The first-order chi connectivity index (χ1) is 12.6. The van der Waals surface area contributed by atoms with Gasteiger partial charge in [0, 0.05) is 19.3 Å². The third-order valence-corrected chi connectivity index (χ3v) is 4.69. The zero-order valence-electron chi connectivity index (χ0n) is 15.1. The van der Waals surface area contributed by atoms with E-state index in [1.165, 1.54) is 0 Å². The molecule has 1 aromatic heterocycles. The zero-order chi connectivity index (χ0) is 18.5. The number of anilines is 1. The van der Waals surface area contributed by atoms with Gasteiger partial charge in [-0.2, -0.15) is 0 Å². The van der Waals surface area contributed by atoms with Gasteiger partial charge >= 0.3 is 5.69 Å². The maximum atomic E-state index is 11.7. The minimum Gasteiger partial charge on any atom is -0.492 e. The number of rotatable bonds is 8. The molecule has 26 heavy (non-hydrogen) atoms. The van der Waals surface area contributed by atoms with Crippen LogP contribution in [-0.4, -0.2) is 22.7 Å². The topological polar surface area (TPSA) is 59.0 Å². The van der Waals surface area contributed by atoms with Crippen LogP contribution in [-0.2, 0) is 13.5 Å². The number of aromatic amines is 1. The predicted molar refractivity (Wildman–Crippen MR) is 108 cm³/mol. The van der Waals surface area contributed by atoms with Crippen LogP contribution in [0.5, 0.6) is 5.75 Å². The number of nitrogens with zero attached hydrogens (tertiary/aromatic N) is 1. The van der Waals surface area contributed by atoms with E-state index < -0.39 is 0 Å². The average molecular weight is 374 g/mol. The lowest BCUT2D eigenvalue weighted by Gasteiger charge is -2.10. The second-order valence-corrected chi connectivity index (χ2v) is 6.77. The van der Waals surface area contributed by atoms with Gasteiger partial charge in [0.2, 0.25) is 0 Å². The molecular weight excluding hydrogens is 350 g/mol. The van der Waals surface area contributed by atoms with Crippen molar-refractivity contribution in [1.82, 2.24) is 9.55 Å². The minimum absolute atomic E-state index is 0.104. The lowest BCUT2D eigenvalue weighted by atomic mass is 10.1. The maximum Gasteiger partial charge on any atom is 0.326 e. The molecule has 0 saturated heterocycles. The number of fused-ring (bicyclic) bond motifs is 1. The van der Waals surface area contributed by atoms with Crippen molar-refractivity contribution in [1.29, 1.82) is 0 Å². The molecule has 138 valence electrons. The molecule has 0 radical (unpaired) electrons. The summed E-state index contributed by atoms with van der Waals surface area (Å²) in [7, 11) is 1.76. The fraction of sp³-hybridized carbons (Fsp3) is 0.350. The molecule has 0 bridgehead atoms. The van der Waals surface area contributed by atoms with Crippen molar-refractivity contribution >= 4 is 28.3 Å². The number of ether oxygens (including phenoxy) is 1. The van der Waals surface area contributed by atoms with Crippen LogP contribution in [0, 0.1) is 0 Å². The minimum atomic E-state index is -0.104. The Morgan fingerprint density at radius 3 is 2.85 bits per heavy atom. The SMILES string of the molecule is CCCCOc1ccc(CCNc2ccc3c(c2)[nH]c(=O)n3C)cc1Cl. The van der Waals surface area contributed by atoms with E-state index in [4.69, 9.17) is 16.3 Å². The lowest BCUT2D eigenvalue weighted by molar-refractivity contribution is 0.309. The molecule has 0 aliphatic heterocycles. The fourth-order valence-electron chi connectivity index (χ4n) is 2.84. The highest BCUT2D eigenvalue weighted by molar-refractivity contribution is 6.32. The van der Waals surface area contributed by atoms with E-state index in [-0.39, 0.29) is 5.69 Å². The molecule has 0 fully saturated rings. The summed E-state index contributed by atoms with van der Waals surface area (Å²) in [5.74, 6) is 0.746. The molecule has 0 aliphatic rings. The molecule has 0 saturated carbocycles. The number of hydrogen-bond donors (Lipinski definition) is 2. The van der Waals surface area contributed by atoms with Crippen LogP contribution in [0.1, 0.15) is 25.3 Å². The Hall–Kier alpha value is -2.40. The number of benzene rings is 2. The van der Waals surface area contributed by atoms with Gasteiger partial charge < -0.3 is 15.0 Å². The zero-order valence-corrected chi connectivity index (χ0v) is 15.9. The molecule has 0 atom stereocenters. The first kappa shape index (κ1) is 18.4. The second-order valence-electron chi connectivity index (χ2n) is 6.36. The van der Waals surface area contributed by atoms with Crippen molar-refractivity contribution in [3.63, 3.8) is 0 Å². The number of H-pyrrole nitrogens is 1. The molecule has 6 heteroatoms.